The van der Waals surface area contributed by atoms with Crippen molar-refractivity contribution in [3.05, 3.63) is 0 Å². The van der Waals surface area contributed by atoms with E-state index in [1.807, 2.05) is 14.1 Å². The number of unbranched alkanes of at least 4 members (excludes halogenated alkanes) is 2. The molecule has 172 valence electrons. The van der Waals surface area contributed by atoms with E-state index >= 15 is 0 Å². The summed E-state index contributed by atoms with van der Waals surface area (Å²) in [6.07, 6.45) is 3.19. The monoisotopic (exact) mass is 445 g/mol. The minimum absolute atomic E-state index is 0.0734. The van der Waals surface area contributed by atoms with Gasteiger partial charge >= 0.3 is 11.9 Å². The fourth-order valence-corrected chi connectivity index (χ4v) is 3.34. The molecule has 0 spiro atoms. The summed E-state index contributed by atoms with van der Waals surface area (Å²) >= 11 is 0. The highest BCUT2D eigenvalue weighted by molar-refractivity contribution is 6.02. The van der Waals surface area contributed by atoms with Gasteiger partial charge in [-0.15, -0.1) is 10.1 Å². The molecule has 31 heavy (non-hydrogen) atoms. The topological polar surface area (TPSA) is 127 Å². The molecule has 2 saturated heterocycles. The molecule has 2 aliphatic rings. The number of hydroxylamine groups is 4. The standard InChI is InChI=1S/C20H30N3O8/c1-23(2,13-5-3-7-19(28)30-21-15(24)9-10-16(21)25)14-6-4-8-20(29)31-22-17(26)11-12-18(22)27/h3-14H2,1-2H3/q+1/i3+1,5+1,7+1,13+1,19+1. The lowest BCUT2D eigenvalue weighted by Crippen LogP contribution is -2.41. The van der Waals surface area contributed by atoms with E-state index in [1.165, 1.54) is 0 Å². The molecule has 0 N–H and O–H groups in total. The van der Waals surface area contributed by atoms with Crippen molar-refractivity contribution in [3.8, 4) is 0 Å². The van der Waals surface area contributed by atoms with Crippen LogP contribution in [0.5, 0.6) is 0 Å². The Morgan fingerprint density at radius 3 is 1.32 bits per heavy atom. The molecular weight excluding hydrogens is 415 g/mol. The van der Waals surface area contributed by atoms with Gasteiger partial charge in [0.1, 0.15) is 0 Å². The zero-order valence-electron chi connectivity index (χ0n) is 18.1. The summed E-state index contributed by atoms with van der Waals surface area (Å²) < 4.78 is 0.691. The molecular formula is C20H30N3O8+. The van der Waals surface area contributed by atoms with Gasteiger partial charge in [0.05, 0.1) is 27.2 Å². The smallest absolute Gasteiger partial charge is 0.330 e. The van der Waals surface area contributed by atoms with Crippen molar-refractivity contribution in [2.75, 3.05) is 27.2 Å². The van der Waals surface area contributed by atoms with Gasteiger partial charge in [0.15, 0.2) is 0 Å². The number of amides is 4. The second kappa shape index (κ2) is 11.0. The van der Waals surface area contributed by atoms with Gasteiger partial charge in [0.25, 0.3) is 23.6 Å². The summed E-state index contributed by atoms with van der Waals surface area (Å²) in [7, 11) is 4.08. The summed E-state index contributed by atoms with van der Waals surface area (Å²) in [5, 5.41) is 1.12. The first-order valence-corrected chi connectivity index (χ1v) is 10.5. The minimum atomic E-state index is -0.595. The van der Waals surface area contributed by atoms with E-state index in [9.17, 15) is 28.8 Å². The van der Waals surface area contributed by atoms with Gasteiger partial charge in [-0.3, -0.25) is 19.2 Å². The van der Waals surface area contributed by atoms with Crippen molar-refractivity contribution in [1.29, 1.82) is 0 Å². The van der Waals surface area contributed by atoms with E-state index in [4.69, 9.17) is 9.68 Å². The van der Waals surface area contributed by atoms with E-state index in [1.54, 1.807) is 0 Å². The zero-order valence-corrected chi connectivity index (χ0v) is 18.1. The first-order chi connectivity index (χ1) is 14.6. The van der Waals surface area contributed by atoms with E-state index in [-0.39, 0.29) is 38.5 Å². The van der Waals surface area contributed by atoms with Gasteiger partial charge in [0, 0.05) is 38.5 Å². The maximum atomic E-state index is 11.8. The second-order valence-electron chi connectivity index (χ2n) is 8.39. The summed E-state index contributed by atoms with van der Waals surface area (Å²) in [5.41, 5.74) is 0. The van der Waals surface area contributed by atoms with Crippen LogP contribution >= 0.6 is 0 Å². The Labute approximate surface area is 180 Å². The highest BCUT2D eigenvalue weighted by Crippen LogP contribution is 2.15. The van der Waals surface area contributed by atoms with E-state index in [0.717, 1.165) is 25.9 Å². The van der Waals surface area contributed by atoms with Gasteiger partial charge in [-0.2, -0.15) is 0 Å². The van der Waals surface area contributed by atoms with Crippen molar-refractivity contribution >= 4 is 35.6 Å². The first kappa shape index (κ1) is 24.4. The van der Waals surface area contributed by atoms with Crippen LogP contribution in [0.25, 0.3) is 0 Å². The quantitative estimate of drug-likeness (QED) is 0.185. The Kier molecular flexibility index (Phi) is 8.66. The van der Waals surface area contributed by atoms with Gasteiger partial charge in [0.2, 0.25) is 0 Å². The lowest BCUT2D eigenvalue weighted by Gasteiger charge is -2.29. The van der Waals surface area contributed by atoms with Crippen LogP contribution in [-0.4, -0.2) is 77.4 Å². The third-order valence-corrected chi connectivity index (χ3v) is 5.19. The normalized spacial score (nSPS) is 17.0. The van der Waals surface area contributed by atoms with Crippen molar-refractivity contribution in [1.82, 2.24) is 10.1 Å². The molecule has 0 bridgehead atoms. The Hall–Kier alpha value is -2.82. The maximum absolute atomic E-state index is 11.8. The molecule has 0 aromatic rings. The van der Waals surface area contributed by atoms with Crippen molar-refractivity contribution in [2.45, 2.75) is 64.2 Å². The molecule has 0 atom stereocenters. The van der Waals surface area contributed by atoms with Gasteiger partial charge in [-0.05, 0) is 25.7 Å². The molecule has 0 aliphatic carbocycles. The predicted molar refractivity (Wildman–Crippen MR) is 104 cm³/mol. The summed E-state index contributed by atoms with van der Waals surface area (Å²) in [5.74, 6) is -3.14. The predicted octanol–water partition coefficient (Wildman–Crippen LogP) is 0.618. The van der Waals surface area contributed by atoms with E-state index < -0.39 is 35.6 Å². The summed E-state index contributed by atoms with van der Waals surface area (Å²) in [6.45, 7) is 1.60. The van der Waals surface area contributed by atoms with Crippen LogP contribution in [0.3, 0.4) is 0 Å². The fraction of sp³-hybridized carbons (Fsp3) is 0.700. The molecule has 11 nitrogen and oxygen atoms in total. The third-order valence-electron chi connectivity index (χ3n) is 5.19. The lowest BCUT2D eigenvalue weighted by molar-refractivity contribution is -0.890. The van der Waals surface area contributed by atoms with Crippen LogP contribution in [0.15, 0.2) is 0 Å². The van der Waals surface area contributed by atoms with Crippen LogP contribution in [0.2, 0.25) is 0 Å². The largest absolute Gasteiger partial charge is 0.333 e. The Bertz CT molecular complexity index is 657. The van der Waals surface area contributed by atoms with Crippen LogP contribution in [-0.2, 0) is 38.4 Å². The van der Waals surface area contributed by atoms with Crippen molar-refractivity contribution < 1.29 is 42.9 Å². The number of hydrogen-bond acceptors (Lipinski definition) is 8. The molecule has 0 aromatic carbocycles. The molecule has 0 unspecified atom stereocenters. The molecule has 0 aromatic heterocycles. The molecule has 2 fully saturated rings. The average molecular weight is 445 g/mol. The van der Waals surface area contributed by atoms with Gasteiger partial charge < -0.3 is 14.2 Å². The maximum Gasteiger partial charge on any atom is 0.333 e. The fourth-order valence-electron chi connectivity index (χ4n) is 3.34. The molecule has 11 heteroatoms. The van der Waals surface area contributed by atoms with Crippen LogP contribution < -0.4 is 0 Å². The number of nitrogens with zero attached hydrogens (tertiary/aromatic N) is 3. The van der Waals surface area contributed by atoms with E-state index in [2.05, 4.69) is 0 Å². The zero-order chi connectivity index (χ0) is 23.0. The number of imide groups is 2. The molecule has 2 aliphatic heterocycles. The number of carbonyl (C=O) groups is 6. The number of hydrogen-bond donors (Lipinski definition) is 0. The van der Waals surface area contributed by atoms with E-state index in [0.29, 0.717) is 27.5 Å². The molecule has 0 radical (unpaired) electrons. The molecule has 0 saturated carbocycles. The Balaban J connectivity index is 1.55. The second-order valence-corrected chi connectivity index (χ2v) is 8.39. The van der Waals surface area contributed by atoms with Gasteiger partial charge in [-0.25, -0.2) is 9.59 Å². The third kappa shape index (κ3) is 7.74. The number of quaternary nitrogens is 1. The summed E-state index contributed by atoms with van der Waals surface area (Å²) in [6, 6.07) is 0. The highest BCUT2D eigenvalue weighted by Gasteiger charge is 2.33. The molecule has 2 heterocycles. The van der Waals surface area contributed by atoms with Gasteiger partial charge in [-0.1, -0.05) is 0 Å². The number of rotatable bonds is 12. The van der Waals surface area contributed by atoms with Crippen LogP contribution in [0.4, 0.5) is 0 Å². The van der Waals surface area contributed by atoms with Crippen LogP contribution in [0, 0.1) is 0 Å². The average Bonchev–Trinajstić information content (AvgIpc) is 3.19. The molecule has 4 amide bonds. The van der Waals surface area contributed by atoms with Crippen molar-refractivity contribution in [2.24, 2.45) is 0 Å². The SMILES string of the molecule is C[N+](C)(CCCCC(=O)ON1C(=O)CCC1=O)[13CH2][13CH2][13CH2][13CH2][13C](=O)ON1C(=O)CCC1=O. The van der Waals surface area contributed by atoms with Crippen molar-refractivity contribution in [3.63, 3.8) is 0 Å². The Morgan fingerprint density at radius 1 is 0.677 bits per heavy atom. The first-order valence-electron chi connectivity index (χ1n) is 10.5. The number of carbonyl (C=O) groups excluding carboxylic acids is 6. The minimum Gasteiger partial charge on any atom is -0.330 e. The Morgan fingerprint density at radius 2 is 1.00 bits per heavy atom. The summed E-state index contributed by atoms with van der Waals surface area (Å²) in [4.78, 5) is 79.0. The molecule has 2 rings (SSSR count). The highest BCUT2D eigenvalue weighted by atomic mass is 16.8. The van der Waals surface area contributed by atoms with Crippen LogP contribution in [0.1, 0.15) is 64.2 Å². The lowest BCUT2D eigenvalue weighted by atomic mass is 10.2.